The third kappa shape index (κ3) is 4.73. The molecule has 6 fully saturated rings. The number of ether oxygens (including phenoxy) is 1. The number of alkyl halides is 2. The SMILES string of the molecule is N#CC1(c2ccc(C34CCC(CN(C(=O)C5CC(C(F)F)C5)c5cccc(-c6nnc(C7CC7)o6)c5)(CC3)CO4)cc2)CC1. The van der Waals surface area contributed by atoms with Crippen LogP contribution in [0.3, 0.4) is 0 Å². The number of aromatic nitrogens is 2. The number of nitriles is 1. The van der Waals surface area contributed by atoms with Gasteiger partial charge in [0.05, 0.1) is 23.7 Å². The predicted molar refractivity (Wildman–Crippen MR) is 158 cm³/mol. The van der Waals surface area contributed by atoms with Gasteiger partial charge in [0.2, 0.25) is 24.1 Å². The highest BCUT2D eigenvalue weighted by Gasteiger charge is 2.53. The summed E-state index contributed by atoms with van der Waals surface area (Å²) in [5.74, 6) is 0.208. The first-order valence-electron chi connectivity index (χ1n) is 16.0. The number of amides is 1. The van der Waals surface area contributed by atoms with Gasteiger partial charge in [0.25, 0.3) is 0 Å². The van der Waals surface area contributed by atoms with Gasteiger partial charge in [0, 0.05) is 41.0 Å². The lowest BCUT2D eigenvalue weighted by molar-refractivity contribution is -0.186. The lowest BCUT2D eigenvalue weighted by Gasteiger charge is -2.55. The van der Waals surface area contributed by atoms with E-state index in [9.17, 15) is 18.8 Å². The summed E-state index contributed by atoms with van der Waals surface area (Å²) in [6.45, 7) is 1.00. The molecule has 7 nitrogen and oxygen atoms in total. The monoisotopic (exact) mass is 598 g/mol. The van der Waals surface area contributed by atoms with Crippen LogP contribution < -0.4 is 4.90 Å². The fraction of sp³-hybridized carbons (Fsp3) is 0.543. The Kier molecular flexibility index (Phi) is 6.46. The fourth-order valence-corrected chi connectivity index (χ4v) is 7.60. The molecule has 6 aliphatic rings. The van der Waals surface area contributed by atoms with E-state index in [4.69, 9.17) is 9.15 Å². The molecule has 2 aromatic carbocycles. The Bertz CT molecular complexity index is 1590. The van der Waals surface area contributed by atoms with Gasteiger partial charge < -0.3 is 14.1 Å². The van der Waals surface area contributed by atoms with E-state index in [2.05, 4.69) is 40.5 Å². The summed E-state index contributed by atoms with van der Waals surface area (Å²) in [6, 6.07) is 18.5. The van der Waals surface area contributed by atoms with E-state index in [0.29, 0.717) is 30.9 Å². The molecule has 0 atom stereocenters. The molecule has 0 radical (unpaired) electrons. The molecule has 0 spiro atoms. The molecule has 0 N–H and O–H groups in total. The van der Waals surface area contributed by atoms with Gasteiger partial charge in [-0.3, -0.25) is 4.79 Å². The van der Waals surface area contributed by atoms with Gasteiger partial charge in [-0.05, 0) is 93.5 Å². The van der Waals surface area contributed by atoms with Gasteiger partial charge in [-0.2, -0.15) is 5.26 Å². The van der Waals surface area contributed by atoms with E-state index in [1.807, 2.05) is 29.2 Å². The number of halogens is 2. The molecule has 4 aliphatic carbocycles. The van der Waals surface area contributed by atoms with Crippen LogP contribution in [0.15, 0.2) is 52.9 Å². The number of carbonyl (C=O) groups is 1. The number of nitrogens with zero attached hydrogens (tertiary/aromatic N) is 4. The number of fused-ring (bicyclic) bond motifs is 3. The van der Waals surface area contributed by atoms with Crippen molar-refractivity contribution in [3.05, 3.63) is 65.5 Å². The van der Waals surface area contributed by atoms with Crippen LogP contribution >= 0.6 is 0 Å². The maximum Gasteiger partial charge on any atom is 0.247 e. The van der Waals surface area contributed by atoms with Gasteiger partial charge in [0.1, 0.15) is 0 Å². The zero-order chi connectivity index (χ0) is 30.1. The molecular formula is C35H36F2N4O3. The molecule has 1 aromatic heterocycles. The van der Waals surface area contributed by atoms with E-state index < -0.39 is 18.3 Å². The van der Waals surface area contributed by atoms with Crippen LogP contribution in [0.25, 0.3) is 11.5 Å². The van der Waals surface area contributed by atoms with Gasteiger partial charge in [-0.25, -0.2) is 8.78 Å². The van der Waals surface area contributed by atoms with Gasteiger partial charge in [0.15, 0.2) is 0 Å². The zero-order valence-corrected chi connectivity index (χ0v) is 24.7. The molecular weight excluding hydrogens is 562 g/mol. The van der Waals surface area contributed by atoms with Crippen LogP contribution in [-0.2, 0) is 20.5 Å². The summed E-state index contributed by atoms with van der Waals surface area (Å²) in [5.41, 5.74) is 2.82. The molecule has 228 valence electrons. The fourth-order valence-electron chi connectivity index (χ4n) is 7.60. The second-order valence-electron chi connectivity index (χ2n) is 14.0. The maximum absolute atomic E-state index is 14.0. The van der Waals surface area contributed by atoms with Crippen LogP contribution in [0.1, 0.15) is 87.1 Å². The van der Waals surface area contributed by atoms with Crippen molar-refractivity contribution in [2.45, 2.75) is 87.6 Å². The minimum atomic E-state index is -2.39. The number of rotatable bonds is 9. The summed E-state index contributed by atoms with van der Waals surface area (Å²) in [6.07, 6.45) is 5.51. The smallest absolute Gasteiger partial charge is 0.247 e. The number of benzene rings is 2. The van der Waals surface area contributed by atoms with E-state index in [1.165, 1.54) is 0 Å². The largest absolute Gasteiger partial charge is 0.420 e. The van der Waals surface area contributed by atoms with Crippen molar-refractivity contribution in [3.8, 4) is 17.5 Å². The Balaban J connectivity index is 1.03. The van der Waals surface area contributed by atoms with Crippen molar-refractivity contribution in [2.24, 2.45) is 17.3 Å². The topological polar surface area (TPSA) is 92.2 Å². The van der Waals surface area contributed by atoms with E-state index in [1.54, 1.807) is 0 Å². The first-order chi connectivity index (χ1) is 21.3. The average molecular weight is 599 g/mol. The molecule has 3 aromatic rings. The third-order valence-electron chi connectivity index (χ3n) is 11.1. The highest BCUT2D eigenvalue weighted by molar-refractivity contribution is 5.96. The minimum Gasteiger partial charge on any atom is -0.420 e. The highest BCUT2D eigenvalue weighted by Crippen LogP contribution is 2.55. The van der Waals surface area contributed by atoms with Crippen molar-refractivity contribution in [2.75, 3.05) is 18.1 Å². The molecule has 2 aliphatic heterocycles. The van der Waals surface area contributed by atoms with Crippen LogP contribution in [-0.4, -0.2) is 35.7 Å². The molecule has 9 heteroatoms. The summed E-state index contributed by atoms with van der Waals surface area (Å²) in [4.78, 5) is 15.8. The van der Waals surface area contributed by atoms with Gasteiger partial charge >= 0.3 is 0 Å². The molecule has 2 saturated heterocycles. The van der Waals surface area contributed by atoms with E-state index in [0.717, 1.165) is 73.7 Å². The second-order valence-corrected chi connectivity index (χ2v) is 14.0. The molecule has 4 saturated carbocycles. The first-order valence-corrected chi connectivity index (χ1v) is 16.0. The zero-order valence-electron chi connectivity index (χ0n) is 24.7. The lowest BCUT2D eigenvalue weighted by Crippen LogP contribution is -2.56. The molecule has 0 unspecified atom stereocenters. The Morgan fingerprint density at radius 1 is 1.00 bits per heavy atom. The average Bonchev–Trinajstić information content (AvgIpc) is 3.98. The molecule has 44 heavy (non-hydrogen) atoms. The van der Waals surface area contributed by atoms with E-state index >= 15 is 0 Å². The normalized spacial score (nSPS) is 30.0. The summed E-state index contributed by atoms with van der Waals surface area (Å²) < 4.78 is 39.3. The van der Waals surface area contributed by atoms with Crippen LogP contribution in [0.2, 0.25) is 0 Å². The maximum atomic E-state index is 14.0. The minimum absolute atomic E-state index is 0.0953. The van der Waals surface area contributed by atoms with Crippen LogP contribution in [0.4, 0.5) is 14.5 Å². The Morgan fingerprint density at radius 3 is 2.34 bits per heavy atom. The van der Waals surface area contributed by atoms with Crippen molar-refractivity contribution in [1.82, 2.24) is 10.2 Å². The second kappa shape index (κ2) is 10.2. The molecule has 2 bridgehead atoms. The standard InChI is InChI=1S/C35H36F2N4O3/c36-29(37)24-16-25(17-24)32(42)41(28-3-1-2-23(18-28)31-40-39-30(44-31)22-4-5-22)20-33-10-14-35(15-11-33,43-21-33)27-8-6-26(7-9-27)34(19-38)12-13-34/h1-3,6-9,18,22,24-25,29H,4-5,10-17,20-21H2. The molecule has 1 amide bonds. The van der Waals surface area contributed by atoms with Crippen LogP contribution in [0, 0.1) is 28.6 Å². The predicted octanol–water partition coefficient (Wildman–Crippen LogP) is 7.28. The summed E-state index contributed by atoms with van der Waals surface area (Å²) in [5, 5.41) is 18.1. The number of anilines is 1. The van der Waals surface area contributed by atoms with Crippen molar-refractivity contribution in [1.29, 1.82) is 5.26 Å². The Morgan fingerprint density at radius 2 is 1.73 bits per heavy atom. The number of carbonyl (C=O) groups excluding carboxylic acids is 1. The summed E-state index contributed by atoms with van der Waals surface area (Å²) in [7, 11) is 0. The van der Waals surface area contributed by atoms with Crippen molar-refractivity contribution >= 4 is 11.6 Å². The quantitative estimate of drug-likeness (QED) is 0.257. The van der Waals surface area contributed by atoms with E-state index in [-0.39, 0.29) is 35.2 Å². The molecule has 3 heterocycles. The van der Waals surface area contributed by atoms with Crippen molar-refractivity contribution < 1.29 is 22.7 Å². The Hall–Kier alpha value is -3.64. The summed E-state index contributed by atoms with van der Waals surface area (Å²) >= 11 is 0. The lowest BCUT2D eigenvalue weighted by atomic mass is 9.63. The van der Waals surface area contributed by atoms with Gasteiger partial charge in [-0.1, -0.05) is 30.3 Å². The van der Waals surface area contributed by atoms with Crippen LogP contribution in [0.5, 0.6) is 0 Å². The third-order valence-corrected chi connectivity index (χ3v) is 11.1. The highest BCUT2D eigenvalue weighted by atomic mass is 19.3. The number of hydrogen-bond donors (Lipinski definition) is 0. The number of hydrogen-bond acceptors (Lipinski definition) is 6. The first kappa shape index (κ1) is 27.9. The van der Waals surface area contributed by atoms with Crippen molar-refractivity contribution in [3.63, 3.8) is 0 Å². The van der Waals surface area contributed by atoms with Gasteiger partial charge in [-0.15, -0.1) is 10.2 Å². The molecule has 9 rings (SSSR count). The Labute approximate surface area is 255 Å².